The number of rotatable bonds is 4. The first-order valence-corrected chi connectivity index (χ1v) is 7.40. The summed E-state index contributed by atoms with van der Waals surface area (Å²) in [4.78, 5) is 17.9. The average molecular weight is 288 g/mol. The average Bonchev–Trinajstić information content (AvgIpc) is 2.95. The summed E-state index contributed by atoms with van der Waals surface area (Å²) >= 11 is 0. The molecular weight excluding hydrogens is 268 g/mol. The molecule has 5 heteroatoms. The van der Waals surface area contributed by atoms with E-state index in [2.05, 4.69) is 9.88 Å². The third-order valence-corrected chi connectivity index (χ3v) is 4.65. The molecule has 112 valence electrons. The smallest absolute Gasteiger partial charge is 0.305 e. The van der Waals surface area contributed by atoms with Crippen LogP contribution in [0.5, 0.6) is 0 Å². The van der Waals surface area contributed by atoms with E-state index in [4.69, 9.17) is 4.42 Å². The van der Waals surface area contributed by atoms with Gasteiger partial charge in [-0.05, 0) is 25.0 Å². The lowest BCUT2D eigenvalue weighted by atomic mass is 9.78. The Balaban J connectivity index is 2.02. The molecule has 0 radical (unpaired) electrons. The number of fused-ring (bicyclic) bond motifs is 1. The Kier molecular flexibility index (Phi) is 3.57. The van der Waals surface area contributed by atoms with Gasteiger partial charge in [0, 0.05) is 13.2 Å². The van der Waals surface area contributed by atoms with Crippen molar-refractivity contribution in [1.82, 2.24) is 4.98 Å². The zero-order valence-electron chi connectivity index (χ0n) is 12.2. The zero-order valence-corrected chi connectivity index (χ0v) is 12.2. The lowest BCUT2D eigenvalue weighted by Crippen LogP contribution is -2.50. The largest absolute Gasteiger partial charge is 0.481 e. The van der Waals surface area contributed by atoms with Crippen molar-refractivity contribution in [3.63, 3.8) is 0 Å². The maximum atomic E-state index is 11.4. The second-order valence-electron chi connectivity index (χ2n) is 5.88. The van der Waals surface area contributed by atoms with E-state index in [1.165, 1.54) is 6.42 Å². The SMILES string of the molecule is CN(c1nccc2occc12)C1(CC(=O)O)CCCCC1. The number of carbonyl (C=O) groups is 1. The predicted octanol–water partition coefficient (Wildman–Crippen LogP) is 3.44. The number of aliphatic carboxylic acids is 1. The Morgan fingerprint density at radius 3 is 2.86 bits per heavy atom. The fourth-order valence-electron chi connectivity index (χ4n) is 3.49. The van der Waals surface area contributed by atoms with Crippen molar-refractivity contribution >= 4 is 22.8 Å². The van der Waals surface area contributed by atoms with Gasteiger partial charge in [0.25, 0.3) is 0 Å². The highest BCUT2D eigenvalue weighted by Crippen LogP contribution is 2.39. The lowest BCUT2D eigenvalue weighted by molar-refractivity contribution is -0.138. The molecule has 0 saturated heterocycles. The van der Waals surface area contributed by atoms with Crippen LogP contribution in [0.3, 0.4) is 0 Å². The first kappa shape index (κ1) is 13.9. The predicted molar refractivity (Wildman–Crippen MR) is 80.5 cm³/mol. The van der Waals surface area contributed by atoms with Gasteiger partial charge in [-0.25, -0.2) is 4.98 Å². The molecular formula is C16H20N2O3. The molecule has 1 saturated carbocycles. The highest BCUT2D eigenvalue weighted by atomic mass is 16.4. The molecule has 2 aromatic rings. The third kappa shape index (κ3) is 2.48. The minimum absolute atomic E-state index is 0.152. The molecule has 1 N–H and O–H groups in total. The summed E-state index contributed by atoms with van der Waals surface area (Å²) in [6.45, 7) is 0. The van der Waals surface area contributed by atoms with Gasteiger partial charge < -0.3 is 14.4 Å². The van der Waals surface area contributed by atoms with Crippen LogP contribution in [-0.4, -0.2) is 28.6 Å². The van der Waals surface area contributed by atoms with Crippen LogP contribution in [0, 0.1) is 0 Å². The summed E-state index contributed by atoms with van der Waals surface area (Å²) in [6, 6.07) is 3.73. The summed E-state index contributed by atoms with van der Waals surface area (Å²) in [7, 11) is 1.96. The number of furan rings is 1. The summed E-state index contributed by atoms with van der Waals surface area (Å²) in [5, 5.41) is 10.3. The van der Waals surface area contributed by atoms with Crippen LogP contribution in [0.15, 0.2) is 29.0 Å². The van der Waals surface area contributed by atoms with Gasteiger partial charge in [0.1, 0.15) is 11.4 Å². The van der Waals surface area contributed by atoms with Crippen LogP contribution in [0.1, 0.15) is 38.5 Å². The fraction of sp³-hybridized carbons (Fsp3) is 0.500. The van der Waals surface area contributed by atoms with E-state index in [9.17, 15) is 9.90 Å². The topological polar surface area (TPSA) is 66.6 Å². The van der Waals surface area contributed by atoms with Crippen molar-refractivity contribution < 1.29 is 14.3 Å². The molecule has 3 rings (SSSR count). The Labute approximate surface area is 123 Å². The Hall–Kier alpha value is -2.04. The van der Waals surface area contributed by atoms with Gasteiger partial charge in [-0.3, -0.25) is 4.79 Å². The van der Waals surface area contributed by atoms with E-state index in [-0.39, 0.29) is 12.0 Å². The molecule has 1 fully saturated rings. The monoisotopic (exact) mass is 288 g/mol. The number of hydrogen-bond donors (Lipinski definition) is 1. The first-order valence-electron chi connectivity index (χ1n) is 7.40. The number of hydrogen-bond acceptors (Lipinski definition) is 4. The van der Waals surface area contributed by atoms with E-state index in [1.54, 1.807) is 12.5 Å². The van der Waals surface area contributed by atoms with Crippen molar-refractivity contribution in [1.29, 1.82) is 0 Å². The molecule has 1 aliphatic carbocycles. The summed E-state index contributed by atoms with van der Waals surface area (Å²) in [5.74, 6) is 0.0625. The van der Waals surface area contributed by atoms with Gasteiger partial charge in [0.2, 0.25) is 0 Å². The molecule has 0 amide bonds. The van der Waals surface area contributed by atoms with Crippen LogP contribution in [-0.2, 0) is 4.79 Å². The van der Waals surface area contributed by atoms with E-state index < -0.39 is 5.97 Å². The molecule has 2 aromatic heterocycles. The van der Waals surface area contributed by atoms with Gasteiger partial charge >= 0.3 is 5.97 Å². The fourth-order valence-corrected chi connectivity index (χ4v) is 3.49. The third-order valence-electron chi connectivity index (χ3n) is 4.65. The lowest BCUT2D eigenvalue weighted by Gasteiger charge is -2.44. The van der Waals surface area contributed by atoms with E-state index in [0.29, 0.717) is 0 Å². The van der Waals surface area contributed by atoms with Crippen molar-refractivity contribution in [2.24, 2.45) is 0 Å². The minimum atomic E-state index is -0.747. The zero-order chi connectivity index (χ0) is 14.9. The Bertz CT molecular complexity index is 644. The standard InChI is InChI=1S/C16H20N2O3/c1-18(15-12-6-10-21-13(12)5-9-17-15)16(11-14(19)20)7-3-2-4-8-16/h5-6,9-10H,2-4,7-8,11H2,1H3,(H,19,20). The van der Waals surface area contributed by atoms with Crippen molar-refractivity contribution in [2.75, 3.05) is 11.9 Å². The molecule has 1 aliphatic rings. The van der Waals surface area contributed by atoms with E-state index in [1.807, 2.05) is 19.2 Å². The first-order chi connectivity index (χ1) is 10.1. The second kappa shape index (κ2) is 5.39. The van der Waals surface area contributed by atoms with Crippen LogP contribution in [0.2, 0.25) is 0 Å². The second-order valence-corrected chi connectivity index (χ2v) is 5.88. The molecule has 0 aromatic carbocycles. The number of aromatic nitrogens is 1. The highest BCUT2D eigenvalue weighted by molar-refractivity contribution is 5.89. The van der Waals surface area contributed by atoms with Gasteiger partial charge in [-0.2, -0.15) is 0 Å². The van der Waals surface area contributed by atoms with Gasteiger partial charge in [0.05, 0.1) is 23.6 Å². The molecule has 0 atom stereocenters. The van der Waals surface area contributed by atoms with Gasteiger partial charge in [-0.15, -0.1) is 0 Å². The quantitative estimate of drug-likeness (QED) is 0.933. The minimum Gasteiger partial charge on any atom is -0.481 e. The number of nitrogens with zero attached hydrogens (tertiary/aromatic N) is 2. The highest BCUT2D eigenvalue weighted by Gasteiger charge is 2.39. The van der Waals surface area contributed by atoms with Gasteiger partial charge in [0.15, 0.2) is 0 Å². The van der Waals surface area contributed by atoms with Crippen LogP contribution < -0.4 is 4.90 Å². The number of carboxylic acids is 1. The summed E-state index contributed by atoms with van der Waals surface area (Å²) in [6.07, 6.45) is 8.62. The van der Waals surface area contributed by atoms with Crippen LogP contribution >= 0.6 is 0 Å². The summed E-state index contributed by atoms with van der Waals surface area (Å²) < 4.78 is 5.43. The Morgan fingerprint density at radius 1 is 1.38 bits per heavy atom. The normalized spacial score (nSPS) is 17.8. The van der Waals surface area contributed by atoms with Crippen molar-refractivity contribution in [3.8, 4) is 0 Å². The molecule has 0 aliphatic heterocycles. The van der Waals surface area contributed by atoms with Crippen molar-refractivity contribution in [3.05, 3.63) is 24.6 Å². The van der Waals surface area contributed by atoms with E-state index in [0.717, 1.165) is 42.5 Å². The Morgan fingerprint density at radius 2 is 2.14 bits per heavy atom. The molecule has 0 bridgehead atoms. The van der Waals surface area contributed by atoms with Gasteiger partial charge in [-0.1, -0.05) is 19.3 Å². The summed E-state index contributed by atoms with van der Waals surface area (Å²) in [5.41, 5.74) is 0.441. The van der Waals surface area contributed by atoms with Crippen LogP contribution in [0.25, 0.3) is 11.0 Å². The maximum Gasteiger partial charge on any atom is 0.305 e. The number of anilines is 1. The van der Waals surface area contributed by atoms with E-state index >= 15 is 0 Å². The molecule has 5 nitrogen and oxygen atoms in total. The number of pyridine rings is 1. The molecule has 2 heterocycles. The molecule has 0 unspecified atom stereocenters. The maximum absolute atomic E-state index is 11.4. The van der Waals surface area contributed by atoms with Crippen molar-refractivity contribution in [2.45, 2.75) is 44.1 Å². The molecule has 0 spiro atoms. The number of carboxylic acid groups (broad SMARTS) is 1. The molecule has 21 heavy (non-hydrogen) atoms. The van der Waals surface area contributed by atoms with Crippen LogP contribution in [0.4, 0.5) is 5.82 Å².